The number of carboxylic acids is 1. The molecule has 11 heteroatoms. The second-order valence-corrected chi connectivity index (χ2v) is 7.66. The first kappa shape index (κ1) is 21.8. The third kappa shape index (κ3) is 4.55. The van der Waals surface area contributed by atoms with Gasteiger partial charge in [-0.3, -0.25) is 5.43 Å². The number of rotatable bonds is 7. The highest BCUT2D eigenvalue weighted by Gasteiger charge is 2.14. The maximum Gasteiger partial charge on any atom is 0.335 e. The Morgan fingerprint density at radius 1 is 1.00 bits per heavy atom. The summed E-state index contributed by atoms with van der Waals surface area (Å²) in [6.07, 6.45) is 1.47. The molecule has 0 saturated carbocycles. The number of aryl methyl sites for hydroxylation is 1. The zero-order valence-corrected chi connectivity index (χ0v) is 18.7. The van der Waals surface area contributed by atoms with Crippen LogP contribution in [-0.4, -0.2) is 37.6 Å². The van der Waals surface area contributed by atoms with E-state index in [2.05, 4.69) is 36.1 Å². The van der Waals surface area contributed by atoms with Crippen LogP contribution in [0, 0.1) is 13.8 Å². The predicted molar refractivity (Wildman–Crippen MR) is 129 cm³/mol. The van der Waals surface area contributed by atoms with E-state index >= 15 is 0 Å². The third-order valence-electron chi connectivity index (χ3n) is 5.36. The van der Waals surface area contributed by atoms with Crippen molar-refractivity contribution in [1.82, 2.24) is 20.3 Å². The Labute approximate surface area is 198 Å². The van der Waals surface area contributed by atoms with E-state index in [1.807, 2.05) is 32.0 Å². The zero-order chi connectivity index (χ0) is 24.4. The molecule has 3 heterocycles. The number of aromatic carboxylic acids is 1. The lowest BCUT2D eigenvalue weighted by Crippen LogP contribution is -2.04. The smallest absolute Gasteiger partial charge is 0.335 e. The van der Waals surface area contributed by atoms with E-state index in [0.29, 0.717) is 28.7 Å². The first-order valence-corrected chi connectivity index (χ1v) is 10.5. The van der Waals surface area contributed by atoms with Gasteiger partial charge in [0.05, 0.1) is 11.8 Å². The maximum absolute atomic E-state index is 11.2. The van der Waals surface area contributed by atoms with Gasteiger partial charge in [-0.2, -0.15) is 10.1 Å². The SMILES string of the molecule is Cc1cccc(Nc2nc3nonc3nc2N/N=C/c2ccc(-c3cccc(C(=O)O)c3)o2)c1C. The largest absolute Gasteiger partial charge is 0.478 e. The van der Waals surface area contributed by atoms with Gasteiger partial charge in [-0.15, -0.1) is 0 Å². The highest BCUT2D eigenvalue weighted by Crippen LogP contribution is 2.27. The summed E-state index contributed by atoms with van der Waals surface area (Å²) in [4.78, 5) is 20.1. The first-order valence-electron chi connectivity index (χ1n) is 10.5. The van der Waals surface area contributed by atoms with Crippen molar-refractivity contribution in [2.45, 2.75) is 13.8 Å². The van der Waals surface area contributed by atoms with Gasteiger partial charge < -0.3 is 14.8 Å². The number of fused-ring (bicyclic) bond motifs is 1. The van der Waals surface area contributed by atoms with E-state index in [1.165, 1.54) is 12.3 Å². The van der Waals surface area contributed by atoms with Gasteiger partial charge in [0.15, 0.2) is 11.6 Å². The normalized spacial score (nSPS) is 11.3. The van der Waals surface area contributed by atoms with Gasteiger partial charge in [-0.05, 0) is 65.6 Å². The minimum absolute atomic E-state index is 0.177. The molecule has 3 N–H and O–H groups in total. The number of nitrogens with zero attached hydrogens (tertiary/aromatic N) is 5. The summed E-state index contributed by atoms with van der Waals surface area (Å²) >= 11 is 0. The molecule has 0 fully saturated rings. The number of hydrazone groups is 1. The summed E-state index contributed by atoms with van der Waals surface area (Å²) in [5, 5.41) is 24.2. The van der Waals surface area contributed by atoms with Crippen LogP contribution in [-0.2, 0) is 0 Å². The van der Waals surface area contributed by atoms with Crippen molar-refractivity contribution in [3.8, 4) is 11.3 Å². The van der Waals surface area contributed by atoms with E-state index in [4.69, 9.17) is 9.05 Å². The standard InChI is InChI=1S/C24H19N7O4/c1-13-5-3-8-18(14(13)2)26-20-21(28-23-22(27-20)30-35-31-23)29-25-12-17-9-10-19(34-17)15-6-4-7-16(11-15)24(32)33/h3-12H,1-2H3,(H,32,33)(H,26,27,30)(H,28,29,31)/b25-12+. The van der Waals surface area contributed by atoms with Crippen molar-refractivity contribution in [2.75, 3.05) is 10.7 Å². The van der Waals surface area contributed by atoms with Crippen LogP contribution in [0.5, 0.6) is 0 Å². The maximum atomic E-state index is 11.2. The molecule has 0 aliphatic carbocycles. The lowest BCUT2D eigenvalue weighted by atomic mass is 10.1. The minimum atomic E-state index is -1.00. The molecule has 0 aliphatic rings. The second kappa shape index (κ2) is 9.06. The molecule has 0 radical (unpaired) electrons. The number of nitrogens with one attached hydrogen (secondary N) is 2. The van der Waals surface area contributed by atoms with Crippen molar-refractivity contribution in [3.05, 3.63) is 77.0 Å². The van der Waals surface area contributed by atoms with Gasteiger partial charge in [-0.25, -0.2) is 14.4 Å². The number of benzene rings is 2. The van der Waals surface area contributed by atoms with Crippen LogP contribution in [0.15, 0.2) is 68.7 Å². The van der Waals surface area contributed by atoms with Gasteiger partial charge in [0.2, 0.25) is 11.3 Å². The average molecular weight is 469 g/mol. The Hall–Kier alpha value is -5.06. The summed E-state index contributed by atoms with van der Waals surface area (Å²) in [7, 11) is 0. The Morgan fingerprint density at radius 3 is 2.57 bits per heavy atom. The molecular formula is C24H19N7O4. The summed E-state index contributed by atoms with van der Waals surface area (Å²) in [5.74, 6) is 0.669. The van der Waals surface area contributed by atoms with E-state index < -0.39 is 5.97 Å². The Morgan fingerprint density at radius 2 is 1.77 bits per heavy atom. The van der Waals surface area contributed by atoms with Crippen LogP contribution in [0.3, 0.4) is 0 Å². The molecule has 0 spiro atoms. The fraction of sp³-hybridized carbons (Fsp3) is 0.0833. The molecule has 11 nitrogen and oxygen atoms in total. The number of aromatic nitrogens is 4. The fourth-order valence-corrected chi connectivity index (χ4v) is 3.36. The number of carbonyl (C=O) groups is 1. The number of anilines is 3. The number of carboxylic acid groups (broad SMARTS) is 1. The number of furan rings is 1. The summed E-state index contributed by atoms with van der Waals surface area (Å²) < 4.78 is 10.5. The third-order valence-corrected chi connectivity index (χ3v) is 5.36. The molecule has 0 aliphatic heterocycles. The van der Waals surface area contributed by atoms with Crippen LogP contribution in [0.25, 0.3) is 22.6 Å². The van der Waals surface area contributed by atoms with Crippen LogP contribution in [0.4, 0.5) is 17.3 Å². The van der Waals surface area contributed by atoms with Crippen LogP contribution >= 0.6 is 0 Å². The summed E-state index contributed by atoms with van der Waals surface area (Å²) in [5.41, 5.74) is 7.22. The zero-order valence-electron chi connectivity index (χ0n) is 18.7. The monoisotopic (exact) mass is 469 g/mol. The topological polar surface area (TPSA) is 152 Å². The molecule has 0 saturated heterocycles. The number of hydrogen-bond donors (Lipinski definition) is 3. The Balaban J connectivity index is 1.39. The van der Waals surface area contributed by atoms with E-state index in [0.717, 1.165) is 16.8 Å². The molecule has 0 unspecified atom stereocenters. The second-order valence-electron chi connectivity index (χ2n) is 7.66. The van der Waals surface area contributed by atoms with Crippen LogP contribution in [0.2, 0.25) is 0 Å². The molecule has 174 valence electrons. The molecule has 2 aromatic carbocycles. The molecule has 5 rings (SSSR count). The Bertz CT molecular complexity index is 1570. The summed E-state index contributed by atoms with van der Waals surface area (Å²) in [6, 6.07) is 15.9. The summed E-state index contributed by atoms with van der Waals surface area (Å²) in [6.45, 7) is 4.03. The Kier molecular flexibility index (Phi) is 5.63. The average Bonchev–Trinajstić information content (AvgIpc) is 3.51. The number of hydrogen-bond acceptors (Lipinski definition) is 10. The first-order chi connectivity index (χ1) is 17.0. The van der Waals surface area contributed by atoms with Crippen molar-refractivity contribution in [1.29, 1.82) is 0 Å². The molecule has 0 amide bonds. The van der Waals surface area contributed by atoms with Crippen molar-refractivity contribution in [2.24, 2.45) is 5.10 Å². The molecule has 0 bridgehead atoms. The van der Waals surface area contributed by atoms with Crippen LogP contribution < -0.4 is 10.7 Å². The van der Waals surface area contributed by atoms with Gasteiger partial charge in [0, 0.05) is 11.3 Å². The highest BCUT2D eigenvalue weighted by molar-refractivity contribution is 5.89. The van der Waals surface area contributed by atoms with Gasteiger partial charge in [0.25, 0.3) is 0 Å². The van der Waals surface area contributed by atoms with Crippen molar-refractivity contribution < 1.29 is 18.9 Å². The molecule has 5 aromatic rings. The van der Waals surface area contributed by atoms with Gasteiger partial charge in [-0.1, -0.05) is 24.3 Å². The van der Waals surface area contributed by atoms with Gasteiger partial charge >= 0.3 is 5.97 Å². The van der Waals surface area contributed by atoms with E-state index in [-0.39, 0.29) is 16.9 Å². The lowest BCUT2D eigenvalue weighted by Gasteiger charge is -2.12. The quantitative estimate of drug-likeness (QED) is 0.224. The molecule has 0 atom stereocenters. The molecular weight excluding hydrogens is 450 g/mol. The lowest BCUT2D eigenvalue weighted by molar-refractivity contribution is 0.0697. The van der Waals surface area contributed by atoms with E-state index in [1.54, 1.807) is 30.3 Å². The van der Waals surface area contributed by atoms with E-state index in [9.17, 15) is 9.90 Å². The highest BCUT2D eigenvalue weighted by atomic mass is 16.6. The predicted octanol–water partition coefficient (Wildman–Crippen LogP) is 4.78. The van der Waals surface area contributed by atoms with Crippen molar-refractivity contribution in [3.63, 3.8) is 0 Å². The molecule has 35 heavy (non-hydrogen) atoms. The van der Waals surface area contributed by atoms with Crippen molar-refractivity contribution >= 4 is 40.8 Å². The van der Waals surface area contributed by atoms with Crippen LogP contribution in [0.1, 0.15) is 27.2 Å². The molecule has 3 aromatic heterocycles. The minimum Gasteiger partial charge on any atom is -0.478 e. The van der Waals surface area contributed by atoms with Gasteiger partial charge in [0.1, 0.15) is 11.5 Å². The fourth-order valence-electron chi connectivity index (χ4n) is 3.36.